The Kier molecular flexibility index (Phi) is 19.0. The third kappa shape index (κ3) is 13.7. The highest BCUT2D eigenvalue weighted by Crippen LogP contribution is 2.40. The first-order valence-electron chi connectivity index (χ1n) is 26.7. The smallest absolute Gasteiger partial charge is 0.338 e. The molecule has 0 radical (unpaired) electrons. The SMILES string of the molecule is COc1ccc(COC2C(OC(=O)c3ccccc3)C(C)OC(CO[Si](c3ccccc3)(c3ccccc3)C(C)(C)C)C2OC2OC(C)C(OCc3ccccc3)C(OCc3ccccc3)C2OCc2ccccc2)cc1. The van der Waals surface area contributed by atoms with Gasteiger partial charge >= 0.3 is 5.97 Å². The lowest BCUT2D eigenvalue weighted by atomic mass is 9.94. The van der Waals surface area contributed by atoms with E-state index < -0.39 is 75.5 Å². The Morgan fingerprint density at radius 3 is 1.34 bits per heavy atom. The fourth-order valence-corrected chi connectivity index (χ4v) is 15.1. The molecule has 2 heterocycles. The molecule has 11 nitrogen and oxygen atoms in total. The van der Waals surface area contributed by atoms with E-state index in [-0.39, 0.29) is 31.5 Å². The Labute approximate surface area is 455 Å². The van der Waals surface area contributed by atoms with Gasteiger partial charge in [-0.2, -0.15) is 0 Å². The summed E-state index contributed by atoms with van der Waals surface area (Å²) in [6, 6.07) is 67.7. The summed E-state index contributed by atoms with van der Waals surface area (Å²) in [4.78, 5) is 14.3. The molecular weight excluding hydrogens is 985 g/mol. The third-order valence-electron chi connectivity index (χ3n) is 14.5. The molecule has 7 aromatic carbocycles. The van der Waals surface area contributed by atoms with Crippen molar-refractivity contribution in [2.45, 2.75) is 127 Å². The van der Waals surface area contributed by atoms with E-state index in [1.54, 1.807) is 19.2 Å². The van der Waals surface area contributed by atoms with Crippen LogP contribution in [0, 0.1) is 0 Å². The van der Waals surface area contributed by atoms with E-state index in [0.717, 1.165) is 32.6 Å². The quantitative estimate of drug-likeness (QED) is 0.0478. The van der Waals surface area contributed by atoms with E-state index in [1.165, 1.54) is 0 Å². The average Bonchev–Trinajstić information content (AvgIpc) is 3.54. The van der Waals surface area contributed by atoms with Crippen LogP contribution in [0.1, 0.15) is 67.2 Å². The molecule has 2 aliphatic rings. The second kappa shape index (κ2) is 26.4. The largest absolute Gasteiger partial charge is 0.497 e. The van der Waals surface area contributed by atoms with Gasteiger partial charge in [-0.25, -0.2) is 4.79 Å². The van der Waals surface area contributed by atoms with Gasteiger partial charge in [0.2, 0.25) is 0 Å². The van der Waals surface area contributed by atoms with E-state index in [0.29, 0.717) is 17.9 Å². The van der Waals surface area contributed by atoms with E-state index >= 15 is 0 Å². The van der Waals surface area contributed by atoms with Crippen LogP contribution in [-0.4, -0.2) is 89.2 Å². The number of hydrogen-bond acceptors (Lipinski definition) is 11. The molecule has 7 aromatic rings. The Bertz CT molecular complexity index is 2800. The van der Waals surface area contributed by atoms with E-state index in [4.69, 9.17) is 47.1 Å². The van der Waals surface area contributed by atoms with Gasteiger partial charge < -0.3 is 47.1 Å². The van der Waals surface area contributed by atoms with Crippen LogP contribution >= 0.6 is 0 Å². The minimum Gasteiger partial charge on any atom is -0.497 e. The molecule has 10 atom stereocenters. The predicted octanol–water partition coefficient (Wildman–Crippen LogP) is 11.1. The number of benzene rings is 7. The molecule has 0 bridgehead atoms. The minimum absolute atomic E-state index is 0.0819. The zero-order valence-corrected chi connectivity index (χ0v) is 45.9. The molecule has 2 fully saturated rings. The molecule has 77 heavy (non-hydrogen) atoms. The van der Waals surface area contributed by atoms with E-state index in [1.807, 2.05) is 159 Å². The second-order valence-corrected chi connectivity index (χ2v) is 25.1. The van der Waals surface area contributed by atoms with Gasteiger partial charge in [0.05, 0.1) is 57.9 Å². The van der Waals surface area contributed by atoms with Crippen molar-refractivity contribution in [3.63, 3.8) is 0 Å². The first-order chi connectivity index (χ1) is 37.5. The topological polar surface area (TPSA) is 109 Å². The predicted molar refractivity (Wildman–Crippen MR) is 299 cm³/mol. The summed E-state index contributed by atoms with van der Waals surface area (Å²) in [5, 5.41) is 1.86. The van der Waals surface area contributed by atoms with E-state index in [2.05, 4.69) is 69.3 Å². The van der Waals surface area contributed by atoms with Gasteiger partial charge in [-0.15, -0.1) is 0 Å². The van der Waals surface area contributed by atoms with Gasteiger partial charge in [-0.05, 0) is 75.8 Å². The zero-order chi connectivity index (χ0) is 53.6. The van der Waals surface area contributed by atoms with Crippen LogP contribution in [0.4, 0.5) is 0 Å². The van der Waals surface area contributed by atoms with Crippen molar-refractivity contribution in [2.75, 3.05) is 13.7 Å². The Morgan fingerprint density at radius 1 is 0.468 bits per heavy atom. The number of hydrogen-bond donors (Lipinski definition) is 0. The number of ether oxygens (including phenoxy) is 9. The second-order valence-electron chi connectivity index (χ2n) is 20.8. The summed E-state index contributed by atoms with van der Waals surface area (Å²) in [5.41, 5.74) is 4.21. The maximum atomic E-state index is 14.3. The van der Waals surface area contributed by atoms with Crippen LogP contribution < -0.4 is 15.1 Å². The van der Waals surface area contributed by atoms with Crippen molar-refractivity contribution in [2.24, 2.45) is 0 Å². The van der Waals surface area contributed by atoms with Gasteiger partial charge in [0.1, 0.15) is 42.4 Å². The van der Waals surface area contributed by atoms with Gasteiger partial charge in [-0.3, -0.25) is 0 Å². The van der Waals surface area contributed by atoms with Gasteiger partial charge in [-0.1, -0.05) is 203 Å². The highest BCUT2D eigenvalue weighted by molar-refractivity contribution is 6.99. The van der Waals surface area contributed by atoms with Crippen molar-refractivity contribution in [1.82, 2.24) is 0 Å². The molecule has 0 aliphatic carbocycles. The first-order valence-corrected chi connectivity index (χ1v) is 28.6. The maximum Gasteiger partial charge on any atom is 0.338 e. The highest BCUT2D eigenvalue weighted by Gasteiger charge is 2.56. The first kappa shape index (κ1) is 55.5. The Balaban J connectivity index is 1.15. The summed E-state index contributed by atoms with van der Waals surface area (Å²) in [6.45, 7) is 11.6. The lowest BCUT2D eigenvalue weighted by molar-refractivity contribution is -0.354. The van der Waals surface area contributed by atoms with Gasteiger partial charge in [0.15, 0.2) is 12.4 Å². The number of rotatable bonds is 22. The molecule has 0 aromatic heterocycles. The fraction of sp³-hybridized carbons (Fsp3) is 0.338. The lowest BCUT2D eigenvalue weighted by Crippen LogP contribution is -2.69. The summed E-state index contributed by atoms with van der Waals surface area (Å²) < 4.78 is 69.6. The van der Waals surface area contributed by atoms with Crippen molar-refractivity contribution in [3.8, 4) is 5.75 Å². The van der Waals surface area contributed by atoms with Crippen molar-refractivity contribution in [1.29, 1.82) is 0 Å². The molecule has 2 saturated heterocycles. The Morgan fingerprint density at radius 2 is 0.870 bits per heavy atom. The third-order valence-corrected chi connectivity index (χ3v) is 19.5. The van der Waals surface area contributed by atoms with E-state index in [9.17, 15) is 4.79 Å². The van der Waals surface area contributed by atoms with Gasteiger partial charge in [0.25, 0.3) is 8.32 Å². The zero-order valence-electron chi connectivity index (χ0n) is 44.9. The summed E-state index contributed by atoms with van der Waals surface area (Å²) in [6.07, 6.45) is -8.24. The molecule has 0 N–H and O–H groups in total. The Hall–Kier alpha value is -6.29. The number of carbonyl (C=O) groups is 1. The molecule has 0 saturated carbocycles. The highest BCUT2D eigenvalue weighted by atomic mass is 28.4. The van der Waals surface area contributed by atoms with Crippen LogP contribution in [-0.2, 0) is 68.7 Å². The van der Waals surface area contributed by atoms with Crippen LogP contribution in [0.3, 0.4) is 0 Å². The summed E-state index contributed by atoms with van der Waals surface area (Å²) >= 11 is 0. The molecule has 9 rings (SSSR count). The molecule has 0 spiro atoms. The normalized spacial score (nSPS) is 23.7. The maximum absolute atomic E-state index is 14.3. The molecular formula is C65H72O11Si. The number of esters is 1. The molecule has 402 valence electrons. The van der Waals surface area contributed by atoms with Crippen LogP contribution in [0.25, 0.3) is 0 Å². The monoisotopic (exact) mass is 1060 g/mol. The van der Waals surface area contributed by atoms with Crippen molar-refractivity contribution >= 4 is 24.7 Å². The summed E-state index contributed by atoms with van der Waals surface area (Å²) in [5.74, 6) is 0.189. The number of methoxy groups -OCH3 is 1. The van der Waals surface area contributed by atoms with Crippen molar-refractivity contribution < 1.29 is 51.9 Å². The standard InChI is InChI=1S/C65H72O11Si/c1-46-57(68-41-48-25-13-7-14-26-48)60(69-42-49-27-15-8-16-28-49)62(71-43-50-29-17-9-18-30-50)64(74-46)76-59-56(45-72-77(65(3,4)5,54-33-21-11-22-34-54)55-35-23-12-24-36-55)73-47(2)58(75-63(66)52-31-19-10-20-32-52)61(59)70-44-51-37-39-53(67-6)40-38-51/h7-40,46-47,56-62,64H,41-45H2,1-6H3. The van der Waals surface area contributed by atoms with Crippen LogP contribution in [0.2, 0.25) is 5.04 Å². The molecule has 10 unspecified atom stereocenters. The van der Waals surface area contributed by atoms with Gasteiger partial charge in [0, 0.05) is 0 Å². The van der Waals surface area contributed by atoms with Crippen LogP contribution in [0.15, 0.2) is 206 Å². The molecule has 0 amide bonds. The van der Waals surface area contributed by atoms with Crippen molar-refractivity contribution in [3.05, 3.63) is 234 Å². The average molecular weight is 1060 g/mol. The summed E-state index contributed by atoms with van der Waals surface area (Å²) in [7, 11) is -1.53. The molecule has 12 heteroatoms. The fourth-order valence-electron chi connectivity index (χ4n) is 10.5. The minimum atomic E-state index is -3.17. The number of carbonyl (C=O) groups excluding carboxylic acids is 1. The lowest BCUT2D eigenvalue weighted by Gasteiger charge is -2.50. The molecule has 2 aliphatic heterocycles. The van der Waals surface area contributed by atoms with Crippen LogP contribution in [0.5, 0.6) is 5.75 Å².